The zero-order chi connectivity index (χ0) is 33.5. The van der Waals surface area contributed by atoms with Crippen molar-refractivity contribution in [2.45, 2.75) is 0 Å². The van der Waals surface area contributed by atoms with Gasteiger partial charge in [-0.15, -0.1) is 0 Å². The van der Waals surface area contributed by atoms with Gasteiger partial charge in [-0.05, 0) is 99.0 Å². The molecule has 0 bridgehead atoms. The van der Waals surface area contributed by atoms with Gasteiger partial charge in [-0.1, -0.05) is 115 Å². The molecule has 2 heterocycles. The monoisotopic (exact) mass is 650 g/mol. The number of aromatic nitrogens is 1. The molecule has 0 atom stereocenters. The minimum absolute atomic E-state index is 0.920. The Morgan fingerprint density at radius 3 is 1.92 bits per heavy atom. The molecule has 2 aromatic heterocycles. The number of fused-ring (bicyclic) bond motifs is 11. The lowest BCUT2D eigenvalue weighted by molar-refractivity contribution is 0.669. The fraction of sp³-hybridized carbons (Fsp3) is 0. The summed E-state index contributed by atoms with van der Waals surface area (Å²) in [6, 6.07) is 65.6. The normalized spacial score (nSPS) is 11.9. The van der Waals surface area contributed by atoms with E-state index in [1.807, 2.05) is 12.1 Å². The van der Waals surface area contributed by atoms with E-state index in [-0.39, 0.29) is 0 Å². The van der Waals surface area contributed by atoms with Gasteiger partial charge in [-0.2, -0.15) is 0 Å². The molecule has 11 aromatic rings. The van der Waals surface area contributed by atoms with E-state index < -0.39 is 0 Å². The van der Waals surface area contributed by atoms with Crippen LogP contribution in [0.3, 0.4) is 0 Å². The predicted molar refractivity (Wildman–Crippen MR) is 215 cm³/mol. The van der Waals surface area contributed by atoms with Gasteiger partial charge in [0.15, 0.2) is 0 Å². The Morgan fingerprint density at radius 1 is 0.392 bits per heavy atom. The summed E-state index contributed by atoms with van der Waals surface area (Å²) in [5, 5.41) is 12.1. The molecule has 0 saturated carbocycles. The zero-order valence-electron chi connectivity index (χ0n) is 27.6. The quantitative estimate of drug-likeness (QED) is 0.177. The molecule has 238 valence electrons. The fourth-order valence-corrected chi connectivity index (χ4v) is 8.26. The van der Waals surface area contributed by atoms with Crippen molar-refractivity contribution in [1.29, 1.82) is 0 Å². The van der Waals surface area contributed by atoms with E-state index in [4.69, 9.17) is 4.42 Å². The number of rotatable bonds is 4. The molecule has 51 heavy (non-hydrogen) atoms. The van der Waals surface area contributed by atoms with Crippen molar-refractivity contribution in [2.75, 3.05) is 4.90 Å². The van der Waals surface area contributed by atoms with E-state index in [0.29, 0.717) is 0 Å². The fourth-order valence-electron chi connectivity index (χ4n) is 8.26. The molecule has 3 heteroatoms. The highest BCUT2D eigenvalue weighted by atomic mass is 16.3. The average molecular weight is 651 g/mol. The van der Waals surface area contributed by atoms with Crippen LogP contribution in [0, 0.1) is 0 Å². The Kier molecular flexibility index (Phi) is 5.96. The second-order valence-electron chi connectivity index (χ2n) is 13.3. The Bertz CT molecular complexity index is 3140. The number of hydrogen-bond acceptors (Lipinski definition) is 2. The van der Waals surface area contributed by atoms with E-state index in [2.05, 4.69) is 179 Å². The molecule has 0 amide bonds. The third kappa shape index (κ3) is 4.19. The van der Waals surface area contributed by atoms with Gasteiger partial charge in [0.05, 0.1) is 16.7 Å². The first-order valence-corrected chi connectivity index (χ1v) is 17.4. The highest BCUT2D eigenvalue weighted by Gasteiger charge is 2.22. The number of hydrogen-bond donors (Lipinski definition) is 0. The van der Waals surface area contributed by atoms with Gasteiger partial charge in [0.25, 0.3) is 0 Å². The molecule has 9 aromatic carbocycles. The van der Waals surface area contributed by atoms with Crippen molar-refractivity contribution < 1.29 is 4.42 Å². The molecule has 11 rings (SSSR count). The van der Waals surface area contributed by atoms with E-state index in [1.165, 1.54) is 54.1 Å². The molecule has 0 aliphatic heterocycles. The number of nitrogens with zero attached hydrogens (tertiary/aromatic N) is 2. The lowest BCUT2D eigenvalue weighted by Gasteiger charge is -2.27. The second kappa shape index (κ2) is 10.8. The highest BCUT2D eigenvalue weighted by Crippen LogP contribution is 2.45. The molecule has 3 nitrogen and oxygen atoms in total. The van der Waals surface area contributed by atoms with Crippen molar-refractivity contribution in [3.05, 3.63) is 182 Å². The second-order valence-corrected chi connectivity index (χ2v) is 13.3. The van der Waals surface area contributed by atoms with Gasteiger partial charge in [0.2, 0.25) is 0 Å². The minimum atomic E-state index is 0.920. The SMILES string of the molecule is c1ccc(N(c2ccc3c(ccc4ccc5cc6oc7ccccc7c6cc5c43)c2)c2cccc3c4ccccc4n(-c4ccccc4)c23)cc1. The molecular formula is C48H30N2O. The molecule has 0 aliphatic rings. The summed E-state index contributed by atoms with van der Waals surface area (Å²) < 4.78 is 8.68. The third-order valence-corrected chi connectivity index (χ3v) is 10.5. The van der Waals surface area contributed by atoms with Crippen LogP contribution < -0.4 is 4.90 Å². The summed E-state index contributed by atoms with van der Waals surface area (Å²) >= 11 is 0. The maximum absolute atomic E-state index is 6.27. The molecular weight excluding hydrogens is 621 g/mol. The van der Waals surface area contributed by atoms with Gasteiger partial charge in [0.1, 0.15) is 11.2 Å². The standard InChI is InChI=1S/C48H30N2O/c1-3-12-34(13-4-1)49(44-20-11-18-40-38-16-7-9-19-43(38)50(48(40)44)35-14-5-2-6-15-35)36-26-27-37-32(28-36)24-22-31-23-25-33-29-46-42(30-41(33)47(31)37)39-17-8-10-21-45(39)51-46/h1-30H. The number of para-hydroxylation sites is 5. The van der Waals surface area contributed by atoms with Crippen LogP contribution in [0.1, 0.15) is 0 Å². The van der Waals surface area contributed by atoms with Gasteiger partial charge >= 0.3 is 0 Å². The summed E-state index contributed by atoms with van der Waals surface area (Å²) in [6.45, 7) is 0. The lowest BCUT2D eigenvalue weighted by atomic mass is 9.95. The molecule has 0 fully saturated rings. The predicted octanol–water partition coefficient (Wildman–Crippen LogP) is 13.6. The third-order valence-electron chi connectivity index (χ3n) is 10.5. The molecule has 0 unspecified atom stereocenters. The van der Waals surface area contributed by atoms with Crippen LogP contribution >= 0.6 is 0 Å². The van der Waals surface area contributed by atoms with E-state index in [0.717, 1.165) is 44.7 Å². The molecule has 0 radical (unpaired) electrons. The number of benzene rings is 9. The maximum Gasteiger partial charge on any atom is 0.136 e. The first-order valence-electron chi connectivity index (χ1n) is 17.4. The summed E-state index contributed by atoms with van der Waals surface area (Å²) in [4.78, 5) is 2.41. The summed E-state index contributed by atoms with van der Waals surface area (Å²) in [6.07, 6.45) is 0. The van der Waals surface area contributed by atoms with Crippen LogP contribution in [0.5, 0.6) is 0 Å². The van der Waals surface area contributed by atoms with Crippen molar-refractivity contribution in [3.63, 3.8) is 0 Å². The topological polar surface area (TPSA) is 21.3 Å². The van der Waals surface area contributed by atoms with E-state index in [1.54, 1.807) is 0 Å². The highest BCUT2D eigenvalue weighted by molar-refractivity contribution is 6.24. The molecule has 0 spiro atoms. The maximum atomic E-state index is 6.27. The number of furan rings is 1. The minimum Gasteiger partial charge on any atom is -0.456 e. The summed E-state index contributed by atoms with van der Waals surface area (Å²) in [5.41, 5.74) is 8.68. The Balaban J connectivity index is 1.18. The van der Waals surface area contributed by atoms with Crippen LogP contribution in [-0.2, 0) is 0 Å². The van der Waals surface area contributed by atoms with E-state index in [9.17, 15) is 0 Å². The largest absolute Gasteiger partial charge is 0.456 e. The van der Waals surface area contributed by atoms with Crippen molar-refractivity contribution in [2.24, 2.45) is 0 Å². The summed E-state index contributed by atoms with van der Waals surface area (Å²) in [7, 11) is 0. The number of anilines is 3. The van der Waals surface area contributed by atoms with Crippen LogP contribution in [0.4, 0.5) is 17.1 Å². The first-order chi connectivity index (χ1) is 25.3. The van der Waals surface area contributed by atoms with Gasteiger partial charge in [-0.3, -0.25) is 0 Å². The Hall–Kier alpha value is -6.84. The van der Waals surface area contributed by atoms with Crippen molar-refractivity contribution in [3.8, 4) is 5.69 Å². The van der Waals surface area contributed by atoms with Gasteiger partial charge in [-0.25, -0.2) is 0 Å². The van der Waals surface area contributed by atoms with Crippen LogP contribution in [0.15, 0.2) is 186 Å². The molecule has 0 aliphatic carbocycles. The lowest BCUT2D eigenvalue weighted by Crippen LogP contribution is -2.11. The Labute approximate surface area is 293 Å². The first kappa shape index (κ1) is 28.0. The Morgan fingerprint density at radius 2 is 1.08 bits per heavy atom. The molecule has 0 N–H and O–H groups in total. The molecule has 0 saturated heterocycles. The average Bonchev–Trinajstić information content (AvgIpc) is 3.73. The van der Waals surface area contributed by atoms with Crippen LogP contribution in [-0.4, -0.2) is 4.57 Å². The summed E-state index contributed by atoms with van der Waals surface area (Å²) in [5.74, 6) is 0. The van der Waals surface area contributed by atoms with Gasteiger partial charge in [0, 0.05) is 38.6 Å². The van der Waals surface area contributed by atoms with Crippen LogP contribution in [0.25, 0.3) is 81.7 Å². The zero-order valence-corrected chi connectivity index (χ0v) is 27.6. The van der Waals surface area contributed by atoms with Crippen LogP contribution in [0.2, 0.25) is 0 Å². The van der Waals surface area contributed by atoms with E-state index >= 15 is 0 Å². The smallest absolute Gasteiger partial charge is 0.136 e. The van der Waals surface area contributed by atoms with Crippen molar-refractivity contribution >= 4 is 93.1 Å². The van der Waals surface area contributed by atoms with Gasteiger partial charge < -0.3 is 13.9 Å². The van der Waals surface area contributed by atoms with Crippen molar-refractivity contribution in [1.82, 2.24) is 4.57 Å².